The average molecular weight is 253 g/mol. The molecule has 0 unspecified atom stereocenters. The summed E-state index contributed by atoms with van der Waals surface area (Å²) in [7, 11) is 3.24. The maximum Gasteiger partial charge on any atom is 0.147 e. The van der Waals surface area contributed by atoms with E-state index < -0.39 is 0 Å². The van der Waals surface area contributed by atoms with Crippen LogP contribution < -0.4 is 0 Å². The van der Waals surface area contributed by atoms with Gasteiger partial charge in [-0.05, 0) is 38.4 Å². The minimum absolute atomic E-state index is 1.07. The second kappa shape index (κ2) is 3.84. The number of rotatable bonds is 0. The van der Waals surface area contributed by atoms with Crippen molar-refractivity contribution in [1.82, 2.24) is 0 Å². The van der Waals surface area contributed by atoms with Crippen LogP contribution in [-0.4, -0.2) is 10.2 Å². The van der Waals surface area contributed by atoms with Crippen LogP contribution in [0.4, 0.5) is 0 Å². The van der Waals surface area contributed by atoms with Gasteiger partial charge in [0.25, 0.3) is 0 Å². The fourth-order valence-electron chi connectivity index (χ4n) is 2.91. The van der Waals surface area contributed by atoms with Gasteiger partial charge in [0, 0.05) is 5.56 Å². The second-order valence-electron chi connectivity index (χ2n) is 4.72. The summed E-state index contributed by atoms with van der Waals surface area (Å²) in [4.78, 5) is 0. The summed E-state index contributed by atoms with van der Waals surface area (Å²) in [5, 5.41) is 7.75. The molecule has 0 nitrogen and oxygen atoms in total. The predicted octanol–water partition coefficient (Wildman–Crippen LogP) is 4.06. The number of hydrogen-bond donors (Lipinski definition) is 0. The minimum atomic E-state index is 1.07. The average Bonchev–Trinajstić information content (AvgIpc) is 2.46. The molecule has 0 aromatic heterocycles. The molecule has 0 heterocycles. The van der Waals surface area contributed by atoms with Crippen LogP contribution in [0.5, 0.6) is 0 Å². The van der Waals surface area contributed by atoms with Crippen molar-refractivity contribution in [3.8, 4) is 11.5 Å². The van der Waals surface area contributed by atoms with Crippen molar-refractivity contribution in [1.29, 1.82) is 0 Å². The first-order chi connectivity index (χ1) is 9.38. The molecule has 4 aromatic carbocycles. The normalized spacial score (nSPS) is 11.0. The van der Waals surface area contributed by atoms with Crippen LogP contribution in [0, 0.1) is 11.5 Å². The molecule has 0 saturated heterocycles. The number of benzene rings is 4. The summed E-state index contributed by atoms with van der Waals surface area (Å²) < 4.78 is 0. The lowest BCUT2D eigenvalue weighted by molar-refractivity contribution is 1.74. The molecule has 19 heavy (non-hydrogen) atoms. The Morgan fingerprint density at radius 1 is 0.684 bits per heavy atom. The van der Waals surface area contributed by atoms with Crippen LogP contribution in [-0.2, 0) is 0 Å². The Morgan fingerprint density at radius 2 is 1.32 bits per heavy atom. The van der Waals surface area contributed by atoms with E-state index in [2.05, 4.69) is 76.3 Å². The summed E-state index contributed by atoms with van der Waals surface area (Å²) in [6.45, 7) is 0. The largest absolute Gasteiger partial charge is 0.147 e. The highest BCUT2D eigenvalue weighted by atomic mass is 28.1. The van der Waals surface area contributed by atoms with Crippen molar-refractivity contribution in [3.63, 3.8) is 0 Å². The maximum absolute atomic E-state index is 3.24. The van der Waals surface area contributed by atoms with E-state index in [9.17, 15) is 0 Å². The fourth-order valence-corrected chi connectivity index (χ4v) is 3.05. The van der Waals surface area contributed by atoms with Crippen molar-refractivity contribution < 1.29 is 0 Å². The molecule has 4 aromatic rings. The van der Waals surface area contributed by atoms with Crippen molar-refractivity contribution in [3.05, 3.63) is 60.2 Å². The third-order valence-electron chi connectivity index (χ3n) is 3.73. The van der Waals surface area contributed by atoms with Gasteiger partial charge in [-0.1, -0.05) is 54.5 Å². The van der Waals surface area contributed by atoms with Gasteiger partial charge in [0.15, 0.2) is 0 Å². The third-order valence-corrected chi connectivity index (χ3v) is 3.85. The van der Waals surface area contributed by atoms with Gasteiger partial charge < -0.3 is 0 Å². The van der Waals surface area contributed by atoms with Gasteiger partial charge in [0.1, 0.15) is 10.2 Å². The molecule has 0 aliphatic carbocycles. The van der Waals surface area contributed by atoms with E-state index in [0.29, 0.717) is 0 Å². The molecule has 0 saturated carbocycles. The SMILES string of the molecule is [Si]C#Cc1ccc2ccc3cccc4ccc1c2c34. The van der Waals surface area contributed by atoms with Crippen LogP contribution in [0.3, 0.4) is 0 Å². The Hall–Kier alpha value is -2.30. The van der Waals surface area contributed by atoms with Crippen LogP contribution in [0.2, 0.25) is 0 Å². The van der Waals surface area contributed by atoms with Gasteiger partial charge in [0.2, 0.25) is 0 Å². The van der Waals surface area contributed by atoms with E-state index in [0.717, 1.165) is 5.56 Å². The van der Waals surface area contributed by atoms with Crippen molar-refractivity contribution in [2.75, 3.05) is 0 Å². The van der Waals surface area contributed by atoms with Gasteiger partial charge in [-0.2, -0.15) is 0 Å². The zero-order valence-corrected chi connectivity index (χ0v) is 11.2. The molecule has 0 aliphatic heterocycles. The molecule has 4 rings (SSSR count). The summed E-state index contributed by atoms with van der Waals surface area (Å²) in [6, 6.07) is 19.4. The molecule has 0 bridgehead atoms. The topological polar surface area (TPSA) is 0 Å². The predicted molar refractivity (Wildman–Crippen MR) is 82.8 cm³/mol. The molecule has 0 spiro atoms. The maximum atomic E-state index is 3.24. The van der Waals surface area contributed by atoms with Crippen molar-refractivity contribution >= 4 is 42.6 Å². The van der Waals surface area contributed by atoms with E-state index in [1.807, 2.05) is 0 Å². The molecule has 0 amide bonds. The molecular weight excluding hydrogens is 244 g/mol. The summed E-state index contributed by atoms with van der Waals surface area (Å²) >= 11 is 0. The third kappa shape index (κ3) is 1.41. The first-order valence-corrected chi connectivity index (χ1v) is 6.73. The second-order valence-corrected chi connectivity index (χ2v) is 4.97. The quantitative estimate of drug-likeness (QED) is 0.252. The van der Waals surface area contributed by atoms with E-state index in [4.69, 9.17) is 0 Å². The Labute approximate surface area is 114 Å². The summed E-state index contributed by atoms with van der Waals surface area (Å²) in [5.74, 6) is 3.13. The fraction of sp³-hybridized carbons (Fsp3) is 0. The zero-order chi connectivity index (χ0) is 12.8. The molecule has 1 heteroatoms. The monoisotopic (exact) mass is 253 g/mol. The van der Waals surface area contributed by atoms with E-state index in [-0.39, 0.29) is 0 Å². The van der Waals surface area contributed by atoms with Crippen LogP contribution >= 0.6 is 0 Å². The molecule has 3 radical (unpaired) electrons. The van der Waals surface area contributed by atoms with E-state index in [1.54, 1.807) is 0 Å². The lowest BCUT2D eigenvalue weighted by atomic mass is 9.92. The van der Waals surface area contributed by atoms with E-state index in [1.165, 1.54) is 32.3 Å². The Balaban J connectivity index is 2.37. The molecule has 0 aliphatic rings. The molecule has 0 atom stereocenters. The molecular formula is C18H9Si. The molecule has 0 N–H and O–H groups in total. The Morgan fingerprint density at radius 3 is 2.05 bits per heavy atom. The summed E-state index contributed by atoms with van der Waals surface area (Å²) in [6.07, 6.45) is 0. The van der Waals surface area contributed by atoms with Crippen molar-refractivity contribution in [2.45, 2.75) is 0 Å². The molecule has 0 fully saturated rings. The highest BCUT2D eigenvalue weighted by molar-refractivity contribution is 6.25. The lowest BCUT2D eigenvalue weighted by Crippen LogP contribution is -1.86. The van der Waals surface area contributed by atoms with Crippen LogP contribution in [0.1, 0.15) is 5.56 Å². The van der Waals surface area contributed by atoms with E-state index >= 15 is 0 Å². The number of hydrogen-bond acceptors (Lipinski definition) is 0. The minimum Gasteiger partial charge on any atom is -0.133 e. The first-order valence-electron chi connectivity index (χ1n) is 6.23. The van der Waals surface area contributed by atoms with Gasteiger partial charge in [-0.3, -0.25) is 0 Å². The van der Waals surface area contributed by atoms with Gasteiger partial charge >= 0.3 is 0 Å². The van der Waals surface area contributed by atoms with Gasteiger partial charge in [-0.15, -0.1) is 5.54 Å². The Bertz CT molecular complexity index is 955. The van der Waals surface area contributed by atoms with Crippen LogP contribution in [0.25, 0.3) is 32.3 Å². The van der Waals surface area contributed by atoms with Gasteiger partial charge in [-0.25, -0.2) is 0 Å². The highest BCUT2D eigenvalue weighted by Gasteiger charge is 2.09. The highest BCUT2D eigenvalue weighted by Crippen LogP contribution is 2.35. The Kier molecular flexibility index (Phi) is 2.15. The molecule has 85 valence electrons. The van der Waals surface area contributed by atoms with Crippen molar-refractivity contribution in [2.24, 2.45) is 0 Å². The smallest absolute Gasteiger partial charge is 0.133 e. The standard InChI is InChI=1S/C18H9Si/c19-11-10-12-4-5-15-7-6-13-2-1-3-14-8-9-16(12)18(15)17(13)14/h1-9H. The zero-order valence-electron chi connectivity index (χ0n) is 10.2. The summed E-state index contributed by atoms with van der Waals surface area (Å²) in [5.41, 5.74) is 3.88. The van der Waals surface area contributed by atoms with Gasteiger partial charge in [0.05, 0.1) is 0 Å². The van der Waals surface area contributed by atoms with Crippen LogP contribution in [0.15, 0.2) is 54.6 Å². The first kappa shape index (κ1) is 10.6. The lowest BCUT2D eigenvalue weighted by Gasteiger charge is -2.11.